The molecule has 2 heterocycles. The first-order chi connectivity index (χ1) is 12.7. The molecule has 0 bridgehead atoms. The first kappa shape index (κ1) is 23.9. The van der Waals surface area contributed by atoms with Crippen molar-refractivity contribution in [2.75, 3.05) is 54.2 Å². The first-order valence-electron chi connectivity index (χ1n) is 9.29. The third kappa shape index (κ3) is 9.07. The summed E-state index contributed by atoms with van der Waals surface area (Å²) in [6.07, 6.45) is 5.34. The molecular weight excluding hydrogens is 459 g/mol. The van der Waals surface area contributed by atoms with Gasteiger partial charge < -0.3 is 24.4 Å². The van der Waals surface area contributed by atoms with Gasteiger partial charge >= 0.3 is 0 Å². The zero-order valence-corrected chi connectivity index (χ0v) is 19.0. The summed E-state index contributed by atoms with van der Waals surface area (Å²) in [6.45, 7) is 4.54. The number of rotatable bonds is 9. The highest BCUT2D eigenvalue weighted by molar-refractivity contribution is 14.0. The van der Waals surface area contributed by atoms with Crippen LogP contribution in [0.2, 0.25) is 0 Å². The Bertz CT molecular complexity index is 536. The van der Waals surface area contributed by atoms with Gasteiger partial charge in [0.15, 0.2) is 5.96 Å². The fourth-order valence-corrected chi connectivity index (χ4v) is 2.91. The van der Waals surface area contributed by atoms with Crippen LogP contribution in [0.25, 0.3) is 0 Å². The molecule has 1 saturated heterocycles. The van der Waals surface area contributed by atoms with E-state index in [9.17, 15) is 0 Å². The van der Waals surface area contributed by atoms with Crippen molar-refractivity contribution >= 4 is 29.9 Å². The maximum absolute atomic E-state index is 5.48. The number of pyridine rings is 1. The van der Waals surface area contributed by atoms with Gasteiger partial charge in [-0.25, -0.2) is 4.98 Å². The van der Waals surface area contributed by atoms with Gasteiger partial charge in [-0.3, -0.25) is 4.99 Å². The van der Waals surface area contributed by atoms with Crippen LogP contribution in [0.1, 0.15) is 24.8 Å². The summed E-state index contributed by atoms with van der Waals surface area (Å²) in [5.41, 5.74) is 1.09. The Labute approximate surface area is 179 Å². The van der Waals surface area contributed by atoms with Crippen LogP contribution in [0, 0.1) is 5.92 Å². The number of methoxy groups -OCH3 is 1. The number of hydrogen-bond acceptors (Lipinski definition) is 5. The van der Waals surface area contributed by atoms with Crippen molar-refractivity contribution in [3.63, 3.8) is 0 Å². The third-order valence-electron chi connectivity index (χ3n) is 4.57. The molecule has 7 nitrogen and oxygen atoms in total. The van der Waals surface area contributed by atoms with Crippen molar-refractivity contribution < 1.29 is 14.2 Å². The summed E-state index contributed by atoms with van der Waals surface area (Å²) in [5.74, 6) is 2.28. The van der Waals surface area contributed by atoms with E-state index in [2.05, 4.69) is 27.2 Å². The number of guanidine groups is 1. The number of nitrogens with one attached hydrogen (secondary N) is 1. The number of aliphatic imine (C=N–C) groups is 1. The van der Waals surface area contributed by atoms with E-state index < -0.39 is 0 Å². The van der Waals surface area contributed by atoms with E-state index in [1.807, 2.05) is 25.4 Å². The van der Waals surface area contributed by atoms with Crippen molar-refractivity contribution in [3.8, 4) is 5.88 Å². The van der Waals surface area contributed by atoms with E-state index in [0.29, 0.717) is 25.6 Å². The van der Waals surface area contributed by atoms with E-state index in [0.717, 1.165) is 37.2 Å². The number of aromatic nitrogens is 1. The van der Waals surface area contributed by atoms with Gasteiger partial charge in [0.2, 0.25) is 5.88 Å². The first-order valence-corrected chi connectivity index (χ1v) is 9.29. The van der Waals surface area contributed by atoms with Gasteiger partial charge in [-0.15, -0.1) is 24.0 Å². The second kappa shape index (κ2) is 14.0. The highest BCUT2D eigenvalue weighted by atomic mass is 127. The second-order valence-electron chi connectivity index (χ2n) is 6.51. The highest BCUT2D eigenvalue weighted by Gasteiger charge is 2.15. The van der Waals surface area contributed by atoms with E-state index in [1.165, 1.54) is 19.3 Å². The zero-order valence-electron chi connectivity index (χ0n) is 16.6. The van der Waals surface area contributed by atoms with Crippen LogP contribution >= 0.6 is 24.0 Å². The number of ether oxygens (including phenoxy) is 3. The van der Waals surface area contributed by atoms with Crippen molar-refractivity contribution in [3.05, 3.63) is 23.9 Å². The summed E-state index contributed by atoms with van der Waals surface area (Å²) in [5, 5.41) is 3.40. The Hall–Kier alpha value is -1.13. The van der Waals surface area contributed by atoms with Crippen LogP contribution in [0.3, 0.4) is 0 Å². The minimum absolute atomic E-state index is 0. The Balaban J connectivity index is 0.00000364. The highest BCUT2D eigenvalue weighted by Crippen LogP contribution is 2.18. The summed E-state index contributed by atoms with van der Waals surface area (Å²) in [4.78, 5) is 10.9. The van der Waals surface area contributed by atoms with Gasteiger partial charge in [0.25, 0.3) is 0 Å². The lowest BCUT2D eigenvalue weighted by Gasteiger charge is -2.26. The van der Waals surface area contributed by atoms with Gasteiger partial charge in [0.05, 0.1) is 6.61 Å². The van der Waals surface area contributed by atoms with Gasteiger partial charge in [0.1, 0.15) is 6.61 Å². The normalized spacial score (nSPS) is 15.1. The second-order valence-corrected chi connectivity index (χ2v) is 6.51. The van der Waals surface area contributed by atoms with E-state index in [1.54, 1.807) is 7.11 Å². The molecule has 1 aromatic rings. The summed E-state index contributed by atoms with van der Waals surface area (Å²) in [6, 6.07) is 3.89. The minimum atomic E-state index is 0. The number of nitrogens with zero attached hydrogens (tertiary/aromatic N) is 3. The summed E-state index contributed by atoms with van der Waals surface area (Å²) < 4.78 is 15.9. The fraction of sp³-hybridized carbons (Fsp3) is 0.684. The Morgan fingerprint density at radius 2 is 2.11 bits per heavy atom. The molecule has 1 aliphatic heterocycles. The minimum Gasteiger partial charge on any atom is -0.475 e. The maximum atomic E-state index is 5.48. The molecule has 0 unspecified atom stereocenters. The topological polar surface area (TPSA) is 68.2 Å². The quantitative estimate of drug-likeness (QED) is 0.248. The molecule has 2 rings (SSSR count). The summed E-state index contributed by atoms with van der Waals surface area (Å²) in [7, 11) is 5.55. The van der Waals surface area contributed by atoms with E-state index in [4.69, 9.17) is 14.2 Å². The predicted molar refractivity (Wildman–Crippen MR) is 118 cm³/mol. The molecule has 0 amide bonds. The molecule has 0 aromatic carbocycles. The van der Waals surface area contributed by atoms with Crippen LogP contribution in [0.4, 0.5) is 0 Å². The molecular formula is C19H33IN4O3. The monoisotopic (exact) mass is 492 g/mol. The smallest absolute Gasteiger partial charge is 0.213 e. The van der Waals surface area contributed by atoms with Gasteiger partial charge in [-0.05, 0) is 30.7 Å². The van der Waals surface area contributed by atoms with Crippen molar-refractivity contribution in [2.24, 2.45) is 10.9 Å². The lowest BCUT2D eigenvalue weighted by molar-refractivity contribution is 0.0625. The lowest BCUT2D eigenvalue weighted by Crippen LogP contribution is -2.39. The average Bonchev–Trinajstić information content (AvgIpc) is 2.69. The van der Waals surface area contributed by atoms with Gasteiger partial charge in [0, 0.05) is 59.8 Å². The fourth-order valence-electron chi connectivity index (χ4n) is 2.91. The van der Waals surface area contributed by atoms with Crippen molar-refractivity contribution in [1.29, 1.82) is 0 Å². The molecule has 27 heavy (non-hydrogen) atoms. The van der Waals surface area contributed by atoms with Crippen molar-refractivity contribution in [1.82, 2.24) is 15.2 Å². The molecule has 0 aliphatic carbocycles. The predicted octanol–water partition coefficient (Wildman–Crippen LogP) is 2.55. The summed E-state index contributed by atoms with van der Waals surface area (Å²) >= 11 is 0. The van der Waals surface area contributed by atoms with E-state index >= 15 is 0 Å². The lowest BCUT2D eigenvalue weighted by atomic mass is 9.96. The number of halogens is 1. The molecule has 0 radical (unpaired) electrons. The zero-order chi connectivity index (χ0) is 18.6. The van der Waals surface area contributed by atoms with Gasteiger partial charge in [-0.1, -0.05) is 6.07 Å². The standard InChI is InChI=1S/C19H32N4O3.HI/c1-20-19(23(2)9-6-16-7-10-25-11-8-16)22-15-17-4-5-18(21-14-17)26-13-12-24-3;/h4-5,14,16H,6-13,15H2,1-3H3,(H,20,22);1H. The Morgan fingerprint density at radius 1 is 1.33 bits per heavy atom. The van der Waals surface area contributed by atoms with E-state index in [-0.39, 0.29) is 24.0 Å². The van der Waals surface area contributed by atoms with Crippen LogP contribution in [0.15, 0.2) is 23.3 Å². The molecule has 154 valence electrons. The Kier molecular flexibility index (Phi) is 12.4. The van der Waals surface area contributed by atoms with Crippen LogP contribution in [-0.2, 0) is 16.0 Å². The van der Waals surface area contributed by atoms with Crippen LogP contribution < -0.4 is 10.1 Å². The largest absolute Gasteiger partial charge is 0.475 e. The maximum Gasteiger partial charge on any atom is 0.213 e. The third-order valence-corrected chi connectivity index (χ3v) is 4.57. The molecule has 0 spiro atoms. The molecule has 1 N–H and O–H groups in total. The molecule has 1 aromatic heterocycles. The SMILES string of the molecule is CN=C(NCc1ccc(OCCOC)nc1)N(C)CCC1CCOCC1.I. The Morgan fingerprint density at radius 3 is 2.74 bits per heavy atom. The van der Waals surface area contributed by atoms with Gasteiger partial charge in [-0.2, -0.15) is 0 Å². The molecule has 1 fully saturated rings. The molecule has 1 aliphatic rings. The van der Waals surface area contributed by atoms with Crippen LogP contribution in [-0.4, -0.2) is 70.0 Å². The average molecular weight is 492 g/mol. The molecule has 8 heteroatoms. The van der Waals surface area contributed by atoms with Crippen molar-refractivity contribution in [2.45, 2.75) is 25.8 Å². The molecule has 0 atom stereocenters. The number of hydrogen-bond donors (Lipinski definition) is 1. The molecule has 0 saturated carbocycles. The van der Waals surface area contributed by atoms with Crippen LogP contribution in [0.5, 0.6) is 5.88 Å².